The van der Waals surface area contributed by atoms with Gasteiger partial charge in [0.2, 0.25) is 0 Å². The van der Waals surface area contributed by atoms with Crippen LogP contribution < -0.4 is 4.90 Å². The van der Waals surface area contributed by atoms with Crippen LogP contribution in [0.5, 0.6) is 0 Å². The number of benzene rings is 2. The molecule has 2 aromatic rings. The lowest BCUT2D eigenvalue weighted by atomic mass is 9.85. The summed E-state index contributed by atoms with van der Waals surface area (Å²) < 4.78 is 5.80. The number of esters is 1. The molecule has 0 aromatic heterocycles. The minimum absolute atomic E-state index is 0.379. The molecular weight excluding hydrogens is 464 g/mol. The molecule has 1 N–H and O–H groups in total. The number of aliphatic hydroxyl groups is 1. The van der Waals surface area contributed by atoms with Gasteiger partial charge in [-0.2, -0.15) is 5.26 Å². The quantitative estimate of drug-likeness (QED) is 0.600. The van der Waals surface area contributed by atoms with E-state index in [1.54, 1.807) is 6.92 Å². The average Bonchev–Trinajstić information content (AvgIpc) is 2.89. The van der Waals surface area contributed by atoms with E-state index in [4.69, 9.17) is 10.00 Å². The number of nitriles is 1. The normalized spacial score (nSPS) is 20.6. The Labute approximate surface area is 221 Å². The lowest BCUT2D eigenvalue weighted by Crippen LogP contribution is -2.60. The third kappa shape index (κ3) is 6.51. The number of carbonyl (C=O) groups excluding carboxylic acids is 1. The highest BCUT2D eigenvalue weighted by atomic mass is 16.6. The molecule has 2 aromatic carbocycles. The maximum absolute atomic E-state index is 13.4. The number of piperazine rings is 1. The number of rotatable bonds is 6. The topological polar surface area (TPSA) is 80.0 Å². The SMILES string of the molecule is CC(C)(C)OC(=O)C(N1CCC(N2CCN(c3ccc(C#N)cc3)CC2)CC1)C(C)(O)c1ccccc1. The number of likely N-dealkylation sites (tertiary alicyclic amines) is 1. The summed E-state index contributed by atoms with van der Waals surface area (Å²) in [6.07, 6.45) is 1.89. The fourth-order valence-electron chi connectivity index (χ4n) is 5.63. The van der Waals surface area contributed by atoms with Crippen molar-refractivity contribution in [1.82, 2.24) is 9.80 Å². The van der Waals surface area contributed by atoms with Gasteiger partial charge in [-0.25, -0.2) is 0 Å². The zero-order chi connectivity index (χ0) is 26.6. The highest BCUT2D eigenvalue weighted by Crippen LogP contribution is 2.33. The van der Waals surface area contributed by atoms with E-state index in [9.17, 15) is 9.90 Å². The van der Waals surface area contributed by atoms with Crippen LogP contribution in [-0.2, 0) is 15.1 Å². The summed E-state index contributed by atoms with van der Waals surface area (Å²) in [5.41, 5.74) is 0.562. The maximum atomic E-state index is 13.4. The van der Waals surface area contributed by atoms with E-state index in [2.05, 4.69) is 20.8 Å². The molecule has 2 aliphatic rings. The second kappa shape index (κ2) is 11.2. The lowest BCUT2D eigenvalue weighted by molar-refractivity contribution is -0.174. The van der Waals surface area contributed by atoms with Crippen molar-refractivity contribution in [2.75, 3.05) is 44.2 Å². The van der Waals surface area contributed by atoms with Crippen LogP contribution in [0.25, 0.3) is 0 Å². The van der Waals surface area contributed by atoms with Crippen molar-refractivity contribution < 1.29 is 14.6 Å². The molecule has 0 bridgehead atoms. The van der Waals surface area contributed by atoms with Crippen molar-refractivity contribution in [3.63, 3.8) is 0 Å². The first-order valence-corrected chi connectivity index (χ1v) is 13.3. The number of nitrogens with zero attached hydrogens (tertiary/aromatic N) is 4. The van der Waals surface area contributed by atoms with Gasteiger partial charge in [0.1, 0.15) is 17.2 Å². The van der Waals surface area contributed by atoms with Crippen LogP contribution >= 0.6 is 0 Å². The molecule has 37 heavy (non-hydrogen) atoms. The van der Waals surface area contributed by atoms with Gasteiger partial charge >= 0.3 is 5.97 Å². The summed E-state index contributed by atoms with van der Waals surface area (Å²) in [6.45, 7) is 12.7. The van der Waals surface area contributed by atoms with Crippen LogP contribution in [-0.4, -0.2) is 77.8 Å². The summed E-state index contributed by atoms with van der Waals surface area (Å²) in [6, 6.07) is 19.1. The van der Waals surface area contributed by atoms with Gasteiger partial charge < -0.3 is 14.7 Å². The van der Waals surface area contributed by atoms with Gasteiger partial charge in [-0.1, -0.05) is 30.3 Å². The van der Waals surface area contributed by atoms with Gasteiger partial charge in [0.15, 0.2) is 0 Å². The summed E-state index contributed by atoms with van der Waals surface area (Å²) >= 11 is 0. The molecule has 2 heterocycles. The van der Waals surface area contributed by atoms with Crippen molar-refractivity contribution >= 4 is 11.7 Å². The number of piperidine rings is 1. The van der Waals surface area contributed by atoms with Crippen molar-refractivity contribution in [2.24, 2.45) is 0 Å². The van der Waals surface area contributed by atoms with Gasteiger partial charge in [-0.05, 0) is 70.4 Å². The second-order valence-corrected chi connectivity index (χ2v) is 11.4. The van der Waals surface area contributed by atoms with Crippen molar-refractivity contribution in [3.05, 3.63) is 65.7 Å². The molecular formula is C30H40N4O3. The standard InChI is InChI=1S/C30H40N4O3/c1-29(2,3)37-28(35)27(30(4,36)24-8-6-5-7-9-24)34-16-14-26(15-17-34)33-20-18-32(19-21-33)25-12-10-23(22-31)11-13-25/h5-13,26-27,36H,14-21H2,1-4H3. The molecule has 2 unspecified atom stereocenters. The molecule has 2 fully saturated rings. The fraction of sp³-hybridized carbons (Fsp3) is 0.533. The van der Waals surface area contributed by atoms with Gasteiger partial charge in [-0.15, -0.1) is 0 Å². The van der Waals surface area contributed by atoms with E-state index < -0.39 is 17.2 Å². The molecule has 7 nitrogen and oxygen atoms in total. The Kier molecular flexibility index (Phi) is 8.23. The Balaban J connectivity index is 1.39. The number of ether oxygens (including phenoxy) is 1. The van der Waals surface area contributed by atoms with E-state index >= 15 is 0 Å². The van der Waals surface area contributed by atoms with Crippen LogP contribution in [0.2, 0.25) is 0 Å². The molecule has 7 heteroatoms. The molecule has 0 amide bonds. The largest absolute Gasteiger partial charge is 0.459 e. The Hall–Kier alpha value is -2.92. The number of anilines is 1. The fourth-order valence-corrected chi connectivity index (χ4v) is 5.63. The molecule has 198 valence electrons. The molecule has 4 rings (SSSR count). The number of hydrogen-bond acceptors (Lipinski definition) is 7. The first-order valence-electron chi connectivity index (χ1n) is 13.3. The Morgan fingerprint density at radius 3 is 2.08 bits per heavy atom. The van der Waals surface area contributed by atoms with E-state index in [1.807, 2.05) is 75.4 Å². The summed E-state index contributed by atoms with van der Waals surface area (Å²) in [5.74, 6) is -0.379. The van der Waals surface area contributed by atoms with Crippen LogP contribution in [0.1, 0.15) is 51.7 Å². The van der Waals surface area contributed by atoms with E-state index in [0.717, 1.165) is 57.8 Å². The maximum Gasteiger partial charge on any atom is 0.327 e. The average molecular weight is 505 g/mol. The van der Waals surface area contributed by atoms with Crippen LogP contribution in [0.15, 0.2) is 54.6 Å². The van der Waals surface area contributed by atoms with Crippen molar-refractivity contribution in [2.45, 2.75) is 63.8 Å². The molecule has 0 spiro atoms. The monoisotopic (exact) mass is 504 g/mol. The first kappa shape index (κ1) is 27.1. The Morgan fingerprint density at radius 1 is 0.946 bits per heavy atom. The molecule has 0 aliphatic carbocycles. The highest BCUT2D eigenvalue weighted by molar-refractivity contribution is 5.78. The third-order valence-corrected chi connectivity index (χ3v) is 7.58. The van der Waals surface area contributed by atoms with Gasteiger partial charge in [-0.3, -0.25) is 14.6 Å². The zero-order valence-corrected chi connectivity index (χ0v) is 22.6. The van der Waals surface area contributed by atoms with Gasteiger partial charge in [0, 0.05) is 51.0 Å². The first-order chi connectivity index (χ1) is 17.6. The van der Waals surface area contributed by atoms with E-state index in [1.165, 1.54) is 0 Å². The minimum atomic E-state index is -1.37. The predicted octanol–water partition coefficient (Wildman–Crippen LogP) is 3.76. The van der Waals surface area contributed by atoms with Crippen LogP contribution in [0.3, 0.4) is 0 Å². The van der Waals surface area contributed by atoms with E-state index in [-0.39, 0.29) is 5.97 Å². The zero-order valence-electron chi connectivity index (χ0n) is 22.6. The minimum Gasteiger partial charge on any atom is -0.459 e. The second-order valence-electron chi connectivity index (χ2n) is 11.4. The van der Waals surface area contributed by atoms with Crippen LogP contribution in [0, 0.1) is 11.3 Å². The number of hydrogen-bond donors (Lipinski definition) is 1. The summed E-state index contributed by atoms with van der Waals surface area (Å²) in [4.78, 5) is 20.5. The van der Waals surface area contributed by atoms with Gasteiger partial charge in [0.05, 0.1) is 11.6 Å². The highest BCUT2D eigenvalue weighted by Gasteiger charge is 2.46. The third-order valence-electron chi connectivity index (χ3n) is 7.58. The predicted molar refractivity (Wildman–Crippen MR) is 145 cm³/mol. The molecule has 2 aliphatic heterocycles. The Bertz CT molecular complexity index is 1070. The van der Waals surface area contributed by atoms with Crippen LogP contribution in [0.4, 0.5) is 5.69 Å². The summed E-state index contributed by atoms with van der Waals surface area (Å²) in [5, 5.41) is 20.7. The summed E-state index contributed by atoms with van der Waals surface area (Å²) in [7, 11) is 0. The van der Waals surface area contributed by atoms with Crippen molar-refractivity contribution in [3.8, 4) is 6.07 Å². The molecule has 2 saturated heterocycles. The molecule has 0 saturated carbocycles. The molecule has 0 radical (unpaired) electrons. The smallest absolute Gasteiger partial charge is 0.327 e. The van der Waals surface area contributed by atoms with E-state index in [0.29, 0.717) is 17.2 Å². The Morgan fingerprint density at radius 2 is 1.54 bits per heavy atom. The lowest BCUT2D eigenvalue weighted by Gasteiger charge is -2.46. The molecule has 2 atom stereocenters. The van der Waals surface area contributed by atoms with Crippen molar-refractivity contribution in [1.29, 1.82) is 5.26 Å². The number of carbonyl (C=O) groups is 1. The van der Waals surface area contributed by atoms with Gasteiger partial charge in [0.25, 0.3) is 0 Å².